The lowest BCUT2D eigenvalue weighted by Crippen LogP contribution is -2.28. The topological polar surface area (TPSA) is 72.8 Å². The molecule has 0 aromatic carbocycles. The molecule has 0 bridgehead atoms. The van der Waals surface area contributed by atoms with Gasteiger partial charge in [-0.2, -0.15) is 0 Å². The van der Waals surface area contributed by atoms with Crippen molar-refractivity contribution >= 4 is 11.9 Å². The molecule has 302 valence electrons. The summed E-state index contributed by atoms with van der Waals surface area (Å²) >= 11 is 0. The number of hydrogen-bond donors (Lipinski definition) is 1. The maximum absolute atomic E-state index is 12.2. The largest absolute Gasteiger partial charge is 0.462 e. The molecule has 0 fully saturated rings. The van der Waals surface area contributed by atoms with E-state index in [2.05, 4.69) is 62.5 Å². The summed E-state index contributed by atoms with van der Waals surface area (Å²) in [5, 5.41) is 9.57. The summed E-state index contributed by atoms with van der Waals surface area (Å²) in [6.45, 7) is 4.09. The third kappa shape index (κ3) is 40.6. The van der Waals surface area contributed by atoms with E-state index in [1.807, 2.05) is 0 Å². The minimum Gasteiger partial charge on any atom is -0.462 e. The molecule has 1 N–H and O–H groups in total. The van der Waals surface area contributed by atoms with E-state index in [-0.39, 0.29) is 31.6 Å². The van der Waals surface area contributed by atoms with Crippen LogP contribution in [0.3, 0.4) is 0 Å². The highest BCUT2D eigenvalue weighted by Crippen LogP contribution is 2.14. The van der Waals surface area contributed by atoms with Crippen LogP contribution in [-0.2, 0) is 19.1 Å². The number of ether oxygens (including phenoxy) is 2. The van der Waals surface area contributed by atoms with Crippen molar-refractivity contribution in [1.29, 1.82) is 0 Å². The quantitative estimate of drug-likeness (QED) is 0.0386. The van der Waals surface area contributed by atoms with E-state index < -0.39 is 6.10 Å². The molecule has 5 heteroatoms. The standard InChI is InChI=1S/C47H84O5/c1-3-5-7-9-11-13-15-17-19-21-22-23-24-26-27-29-31-33-35-37-39-41-46(49)51-44-45(43-48)52-47(50)42-40-38-36-34-32-30-28-25-20-18-16-14-12-10-8-6-4-2/h17-20,28,30,34,36,45,48H,3-16,21-27,29,31-33,35,37-44H2,1-2H3. The van der Waals surface area contributed by atoms with Gasteiger partial charge < -0.3 is 14.6 Å². The number of unbranched alkanes of at least 4 members (excludes halogenated alkanes) is 24. The fraction of sp³-hybridized carbons (Fsp3) is 0.787. The SMILES string of the molecule is CCCCCCCCC=CCC=CCC=CCCCC(=O)OC(CO)COC(=O)CCCCCCCCCCCCCC=CCCCCCCCC. The van der Waals surface area contributed by atoms with E-state index in [0.29, 0.717) is 12.8 Å². The van der Waals surface area contributed by atoms with Crippen LogP contribution in [0.15, 0.2) is 48.6 Å². The molecule has 1 unspecified atom stereocenters. The predicted molar refractivity (Wildman–Crippen MR) is 224 cm³/mol. The maximum Gasteiger partial charge on any atom is 0.306 e. The molecular weight excluding hydrogens is 645 g/mol. The van der Waals surface area contributed by atoms with E-state index in [0.717, 1.165) is 38.5 Å². The Balaban J connectivity index is 3.58. The molecule has 0 amide bonds. The Bertz CT molecular complexity index is 873. The molecule has 0 heterocycles. The monoisotopic (exact) mass is 729 g/mol. The number of hydrogen-bond acceptors (Lipinski definition) is 5. The van der Waals surface area contributed by atoms with E-state index in [9.17, 15) is 14.7 Å². The van der Waals surface area contributed by atoms with E-state index in [1.165, 1.54) is 148 Å². The summed E-state index contributed by atoms with van der Waals surface area (Å²) < 4.78 is 10.6. The molecule has 0 saturated heterocycles. The zero-order chi connectivity index (χ0) is 37.8. The second kappa shape index (κ2) is 43.3. The summed E-state index contributed by atoms with van der Waals surface area (Å²) in [5.41, 5.74) is 0. The first-order valence-electron chi connectivity index (χ1n) is 22.2. The van der Waals surface area contributed by atoms with Gasteiger partial charge in [0.1, 0.15) is 6.61 Å². The Morgan fingerprint density at radius 2 is 0.788 bits per heavy atom. The molecule has 5 nitrogen and oxygen atoms in total. The Hall–Kier alpha value is -2.14. The maximum atomic E-state index is 12.2. The van der Waals surface area contributed by atoms with E-state index >= 15 is 0 Å². The van der Waals surface area contributed by atoms with E-state index in [4.69, 9.17) is 9.47 Å². The molecule has 0 aromatic rings. The molecule has 0 spiro atoms. The molecule has 0 aliphatic rings. The van der Waals surface area contributed by atoms with Crippen molar-refractivity contribution in [3.05, 3.63) is 48.6 Å². The molecule has 0 aliphatic heterocycles. The minimum atomic E-state index is -0.798. The van der Waals surface area contributed by atoms with Crippen LogP contribution in [0.4, 0.5) is 0 Å². The second-order valence-corrected chi connectivity index (χ2v) is 14.8. The van der Waals surface area contributed by atoms with Crippen LogP contribution in [0.2, 0.25) is 0 Å². The average molecular weight is 729 g/mol. The van der Waals surface area contributed by atoms with Gasteiger partial charge in [-0.3, -0.25) is 9.59 Å². The molecule has 0 aliphatic carbocycles. The third-order valence-electron chi connectivity index (χ3n) is 9.60. The average Bonchev–Trinajstić information content (AvgIpc) is 3.15. The van der Waals surface area contributed by atoms with Gasteiger partial charge in [-0.05, 0) is 70.6 Å². The van der Waals surface area contributed by atoms with Crippen LogP contribution in [0.1, 0.15) is 219 Å². The van der Waals surface area contributed by atoms with Crippen LogP contribution in [0.5, 0.6) is 0 Å². The van der Waals surface area contributed by atoms with Gasteiger partial charge >= 0.3 is 11.9 Å². The normalized spacial score (nSPS) is 12.6. The molecule has 0 rings (SSSR count). The van der Waals surface area contributed by atoms with Gasteiger partial charge in [0.25, 0.3) is 0 Å². The number of rotatable bonds is 40. The fourth-order valence-electron chi connectivity index (χ4n) is 6.21. The van der Waals surface area contributed by atoms with Crippen LogP contribution in [0.25, 0.3) is 0 Å². The summed E-state index contributed by atoms with van der Waals surface area (Å²) in [6, 6.07) is 0. The summed E-state index contributed by atoms with van der Waals surface area (Å²) in [7, 11) is 0. The zero-order valence-electron chi connectivity index (χ0n) is 34.3. The lowest BCUT2D eigenvalue weighted by molar-refractivity contribution is -0.161. The molecule has 0 saturated carbocycles. The first-order valence-corrected chi connectivity index (χ1v) is 22.2. The van der Waals surface area contributed by atoms with Gasteiger partial charge in [0.2, 0.25) is 0 Å². The number of allylic oxidation sites excluding steroid dienone is 8. The van der Waals surface area contributed by atoms with Gasteiger partial charge in [-0.15, -0.1) is 0 Å². The number of esters is 2. The first-order chi connectivity index (χ1) is 25.6. The highest BCUT2D eigenvalue weighted by atomic mass is 16.6. The highest BCUT2D eigenvalue weighted by Gasteiger charge is 2.16. The van der Waals surface area contributed by atoms with Gasteiger partial charge in [0.05, 0.1) is 6.61 Å². The zero-order valence-corrected chi connectivity index (χ0v) is 34.3. The van der Waals surface area contributed by atoms with E-state index in [1.54, 1.807) is 0 Å². The molecule has 1 atom stereocenters. The van der Waals surface area contributed by atoms with Crippen LogP contribution in [0, 0.1) is 0 Å². The predicted octanol–water partition coefficient (Wildman–Crippen LogP) is 14.2. The number of aliphatic hydroxyl groups is 1. The lowest BCUT2D eigenvalue weighted by atomic mass is 10.0. The Kier molecular flexibility index (Phi) is 41.5. The van der Waals surface area contributed by atoms with Gasteiger partial charge in [0.15, 0.2) is 6.10 Å². The van der Waals surface area contributed by atoms with Crippen molar-refractivity contribution < 1.29 is 24.2 Å². The van der Waals surface area contributed by atoms with Crippen molar-refractivity contribution in [1.82, 2.24) is 0 Å². The first kappa shape index (κ1) is 49.9. The van der Waals surface area contributed by atoms with Crippen molar-refractivity contribution in [2.24, 2.45) is 0 Å². The summed E-state index contributed by atoms with van der Waals surface area (Å²) in [5.74, 6) is -0.649. The van der Waals surface area contributed by atoms with Crippen molar-refractivity contribution in [3.8, 4) is 0 Å². The molecular formula is C47H84O5. The van der Waals surface area contributed by atoms with Crippen molar-refractivity contribution in [2.45, 2.75) is 225 Å². The lowest BCUT2D eigenvalue weighted by Gasteiger charge is -2.15. The van der Waals surface area contributed by atoms with Crippen LogP contribution >= 0.6 is 0 Å². The Labute approximate surface area is 322 Å². The number of carbonyl (C=O) groups is 2. The van der Waals surface area contributed by atoms with Gasteiger partial charge in [0, 0.05) is 12.8 Å². The van der Waals surface area contributed by atoms with Crippen LogP contribution in [-0.4, -0.2) is 36.4 Å². The van der Waals surface area contributed by atoms with Crippen molar-refractivity contribution in [2.75, 3.05) is 13.2 Å². The molecule has 52 heavy (non-hydrogen) atoms. The second-order valence-electron chi connectivity index (χ2n) is 14.8. The van der Waals surface area contributed by atoms with Crippen molar-refractivity contribution in [3.63, 3.8) is 0 Å². The Morgan fingerprint density at radius 3 is 1.23 bits per heavy atom. The fourth-order valence-corrected chi connectivity index (χ4v) is 6.21. The van der Waals surface area contributed by atoms with Crippen LogP contribution < -0.4 is 0 Å². The summed E-state index contributed by atoms with van der Waals surface area (Å²) in [4.78, 5) is 24.3. The minimum absolute atomic E-state index is 0.0858. The number of carbonyl (C=O) groups excluding carboxylic acids is 2. The summed E-state index contributed by atoms with van der Waals surface area (Å²) in [6.07, 6.45) is 54.7. The molecule has 0 aromatic heterocycles. The smallest absolute Gasteiger partial charge is 0.306 e. The number of aliphatic hydroxyl groups excluding tert-OH is 1. The molecule has 0 radical (unpaired) electrons. The van der Waals surface area contributed by atoms with Gasteiger partial charge in [-0.25, -0.2) is 0 Å². The highest BCUT2D eigenvalue weighted by molar-refractivity contribution is 5.70. The third-order valence-corrected chi connectivity index (χ3v) is 9.60. The Morgan fingerprint density at radius 1 is 0.442 bits per heavy atom. The van der Waals surface area contributed by atoms with Gasteiger partial charge in [-0.1, -0.05) is 184 Å².